The molecule has 1 aliphatic rings. The number of carbonyl (C=O) groups is 1. The topological polar surface area (TPSA) is 75.3 Å². The first-order valence-corrected chi connectivity index (χ1v) is 9.44. The predicted molar refractivity (Wildman–Crippen MR) is 88.6 cm³/mol. The Hall–Kier alpha value is -1.56. The molecule has 0 heterocycles. The summed E-state index contributed by atoms with van der Waals surface area (Å²) < 4.78 is 23.7. The predicted octanol–water partition coefficient (Wildman–Crippen LogP) is 2.93. The number of benzene rings is 1. The van der Waals surface area contributed by atoms with Crippen LogP contribution in [0, 0.1) is 5.92 Å². The van der Waals surface area contributed by atoms with E-state index < -0.39 is 9.84 Å². The minimum atomic E-state index is -3.10. The molecule has 2 N–H and O–H groups in total. The molecule has 0 unspecified atom stereocenters. The summed E-state index contributed by atoms with van der Waals surface area (Å²) in [4.78, 5) is 11.7. The van der Waals surface area contributed by atoms with Gasteiger partial charge in [-0.25, -0.2) is 13.2 Å². The van der Waals surface area contributed by atoms with Crippen LogP contribution < -0.4 is 10.6 Å². The van der Waals surface area contributed by atoms with Gasteiger partial charge in [0.05, 0.1) is 11.0 Å². The highest BCUT2D eigenvalue weighted by Crippen LogP contribution is 2.25. The molecule has 6 heteroatoms. The monoisotopic (exact) mass is 324 g/mol. The first-order valence-electron chi connectivity index (χ1n) is 7.72. The van der Waals surface area contributed by atoms with E-state index in [4.69, 9.17) is 0 Å². The Morgan fingerprint density at radius 2 is 1.86 bits per heavy atom. The summed E-state index contributed by atoms with van der Waals surface area (Å²) in [6.07, 6.45) is 3.65. The van der Waals surface area contributed by atoms with E-state index in [0.29, 0.717) is 11.6 Å². The van der Waals surface area contributed by atoms with Crippen LogP contribution in [0.25, 0.3) is 0 Å². The third kappa shape index (κ3) is 4.73. The number of anilines is 1. The molecule has 2 rings (SSSR count). The van der Waals surface area contributed by atoms with E-state index in [0.717, 1.165) is 12.1 Å². The number of rotatable bonds is 6. The van der Waals surface area contributed by atoms with Crippen molar-refractivity contribution in [3.63, 3.8) is 0 Å². The number of nitrogens with one attached hydrogen (secondary N) is 2. The van der Waals surface area contributed by atoms with Crippen LogP contribution in [-0.2, 0) is 15.6 Å². The Kier molecular flexibility index (Phi) is 5.45. The maximum Gasteiger partial charge on any atom is 0.319 e. The Morgan fingerprint density at radius 1 is 1.23 bits per heavy atom. The summed E-state index contributed by atoms with van der Waals surface area (Å²) in [5.74, 6) is 0.646. The molecule has 0 aromatic heterocycles. The average Bonchev–Trinajstić information content (AvgIpc) is 2.38. The van der Waals surface area contributed by atoms with Gasteiger partial charge in [0.2, 0.25) is 0 Å². The summed E-state index contributed by atoms with van der Waals surface area (Å²) in [5, 5.41) is 5.23. The molecule has 122 valence electrons. The zero-order valence-electron chi connectivity index (χ0n) is 13.1. The van der Waals surface area contributed by atoms with Crippen LogP contribution in [0.15, 0.2) is 24.3 Å². The van der Waals surface area contributed by atoms with Crippen molar-refractivity contribution >= 4 is 21.6 Å². The van der Waals surface area contributed by atoms with Gasteiger partial charge in [0.25, 0.3) is 0 Å². The molecule has 22 heavy (non-hydrogen) atoms. The molecule has 0 saturated heterocycles. The Bertz CT molecular complexity index is 605. The highest BCUT2D eigenvalue weighted by molar-refractivity contribution is 7.91. The highest BCUT2D eigenvalue weighted by Gasteiger charge is 2.18. The fraction of sp³-hybridized carbons (Fsp3) is 0.562. The third-order valence-electron chi connectivity index (χ3n) is 4.07. The van der Waals surface area contributed by atoms with Crippen LogP contribution in [-0.4, -0.2) is 26.2 Å². The van der Waals surface area contributed by atoms with Gasteiger partial charge in [0.1, 0.15) is 0 Å². The Balaban J connectivity index is 1.84. The molecule has 1 fully saturated rings. The SMILES string of the molecule is CC(C)S(=O)(=O)Cc1ccc(NC(=O)NCC2CCC2)cc1. The molecule has 0 aliphatic heterocycles. The number of sulfone groups is 1. The van der Waals surface area contributed by atoms with Crippen molar-refractivity contribution in [3.05, 3.63) is 29.8 Å². The van der Waals surface area contributed by atoms with Gasteiger partial charge in [0, 0.05) is 12.2 Å². The molecule has 1 aliphatic carbocycles. The van der Waals surface area contributed by atoms with Crippen LogP contribution in [0.2, 0.25) is 0 Å². The molecule has 1 saturated carbocycles. The van der Waals surface area contributed by atoms with E-state index in [-0.39, 0.29) is 17.0 Å². The average molecular weight is 324 g/mol. The van der Waals surface area contributed by atoms with Crippen LogP contribution in [0.4, 0.5) is 10.5 Å². The molecule has 0 atom stereocenters. The molecule has 1 aromatic rings. The quantitative estimate of drug-likeness (QED) is 0.845. The lowest BCUT2D eigenvalue weighted by Crippen LogP contribution is -2.35. The maximum atomic E-state index is 11.9. The Morgan fingerprint density at radius 3 is 2.36 bits per heavy atom. The summed E-state index contributed by atoms with van der Waals surface area (Å²) in [5.41, 5.74) is 1.39. The number of hydrogen-bond donors (Lipinski definition) is 2. The van der Waals surface area contributed by atoms with E-state index in [2.05, 4.69) is 10.6 Å². The van der Waals surface area contributed by atoms with E-state index in [1.165, 1.54) is 19.3 Å². The van der Waals surface area contributed by atoms with Crippen molar-refractivity contribution in [3.8, 4) is 0 Å². The van der Waals surface area contributed by atoms with Gasteiger partial charge in [-0.2, -0.15) is 0 Å². The van der Waals surface area contributed by atoms with E-state index in [1.807, 2.05) is 0 Å². The molecule has 0 bridgehead atoms. The summed E-state index contributed by atoms with van der Waals surface area (Å²) in [7, 11) is -3.10. The molecule has 0 spiro atoms. The maximum absolute atomic E-state index is 11.9. The highest BCUT2D eigenvalue weighted by atomic mass is 32.2. The summed E-state index contributed by atoms with van der Waals surface area (Å²) in [6.45, 7) is 4.08. The van der Waals surface area contributed by atoms with E-state index in [1.54, 1.807) is 38.1 Å². The second kappa shape index (κ2) is 7.13. The van der Waals surface area contributed by atoms with Gasteiger partial charge in [-0.3, -0.25) is 0 Å². The van der Waals surface area contributed by atoms with Crippen molar-refractivity contribution < 1.29 is 13.2 Å². The number of hydrogen-bond acceptors (Lipinski definition) is 3. The molecular formula is C16H24N2O3S. The first-order chi connectivity index (χ1) is 10.4. The van der Waals surface area contributed by atoms with Crippen LogP contribution in [0.3, 0.4) is 0 Å². The zero-order chi connectivity index (χ0) is 16.2. The first kappa shape index (κ1) is 16.8. The second-order valence-corrected chi connectivity index (χ2v) is 8.74. The minimum Gasteiger partial charge on any atom is -0.338 e. The number of urea groups is 1. The van der Waals surface area contributed by atoms with Gasteiger partial charge in [-0.1, -0.05) is 18.6 Å². The second-order valence-electron chi connectivity index (χ2n) is 6.18. The fourth-order valence-electron chi connectivity index (χ4n) is 2.19. The van der Waals surface area contributed by atoms with Crippen molar-refractivity contribution in [2.75, 3.05) is 11.9 Å². The molecular weight excluding hydrogens is 300 g/mol. The van der Waals surface area contributed by atoms with Gasteiger partial charge in [-0.15, -0.1) is 0 Å². The van der Waals surface area contributed by atoms with Crippen molar-refractivity contribution in [2.45, 2.75) is 44.1 Å². The van der Waals surface area contributed by atoms with Crippen molar-refractivity contribution in [1.29, 1.82) is 0 Å². The largest absolute Gasteiger partial charge is 0.338 e. The standard InChI is InChI=1S/C16H24N2O3S/c1-12(2)22(20,21)11-14-6-8-15(9-7-14)18-16(19)17-10-13-4-3-5-13/h6-9,12-13H,3-5,10-11H2,1-2H3,(H2,17,18,19). The number of carbonyl (C=O) groups excluding carboxylic acids is 1. The smallest absolute Gasteiger partial charge is 0.319 e. The van der Waals surface area contributed by atoms with Crippen molar-refractivity contribution in [2.24, 2.45) is 5.92 Å². The van der Waals surface area contributed by atoms with Gasteiger partial charge in [0.15, 0.2) is 9.84 Å². The third-order valence-corrected chi connectivity index (χ3v) is 6.25. The van der Waals surface area contributed by atoms with Gasteiger partial charge < -0.3 is 10.6 Å². The minimum absolute atomic E-state index is 0.0266. The summed E-state index contributed by atoms with van der Waals surface area (Å²) in [6, 6.07) is 6.72. The normalized spacial score (nSPS) is 15.4. The lowest BCUT2D eigenvalue weighted by molar-refractivity contribution is 0.243. The zero-order valence-corrected chi connectivity index (χ0v) is 13.9. The lowest BCUT2D eigenvalue weighted by Gasteiger charge is -2.25. The molecule has 0 radical (unpaired) electrons. The molecule has 1 aromatic carbocycles. The van der Waals surface area contributed by atoms with Gasteiger partial charge in [-0.05, 0) is 50.3 Å². The van der Waals surface area contributed by atoms with E-state index in [9.17, 15) is 13.2 Å². The number of amides is 2. The fourth-order valence-corrected chi connectivity index (χ4v) is 3.18. The molecule has 2 amide bonds. The van der Waals surface area contributed by atoms with Crippen LogP contribution >= 0.6 is 0 Å². The van der Waals surface area contributed by atoms with Crippen molar-refractivity contribution in [1.82, 2.24) is 5.32 Å². The van der Waals surface area contributed by atoms with Crippen LogP contribution in [0.5, 0.6) is 0 Å². The Labute approximate surface area is 132 Å². The van der Waals surface area contributed by atoms with E-state index >= 15 is 0 Å². The van der Waals surface area contributed by atoms with Crippen LogP contribution in [0.1, 0.15) is 38.7 Å². The summed E-state index contributed by atoms with van der Waals surface area (Å²) >= 11 is 0. The lowest BCUT2D eigenvalue weighted by atomic mass is 9.85. The van der Waals surface area contributed by atoms with Gasteiger partial charge >= 0.3 is 6.03 Å². The molecule has 5 nitrogen and oxygen atoms in total.